The molecule has 0 aromatic heterocycles. The van der Waals surface area contributed by atoms with E-state index in [2.05, 4.69) is 0 Å². The summed E-state index contributed by atoms with van der Waals surface area (Å²) in [5.41, 5.74) is 8.44. The van der Waals surface area contributed by atoms with Crippen molar-refractivity contribution in [2.24, 2.45) is 5.73 Å². The first-order valence-corrected chi connectivity index (χ1v) is 6.84. The molecule has 2 rings (SSSR count). The molecule has 0 fully saturated rings. The minimum absolute atomic E-state index is 0.0503. The number of aromatic carboxylic acids is 1. The quantitative estimate of drug-likeness (QED) is 0.819. The van der Waals surface area contributed by atoms with Crippen LogP contribution in [0.15, 0.2) is 54.6 Å². The molecular formula is C17H19NO3. The Labute approximate surface area is 124 Å². The molecule has 1 atom stereocenters. The zero-order valence-corrected chi connectivity index (χ0v) is 11.7. The highest BCUT2D eigenvalue weighted by Gasteiger charge is 2.05. The van der Waals surface area contributed by atoms with Crippen LogP contribution in [0, 0.1) is 0 Å². The SMILES string of the molecule is NC(COCc1ccc(C(=O)O)cc1)Cc1ccccc1. The highest BCUT2D eigenvalue weighted by Crippen LogP contribution is 2.07. The predicted molar refractivity (Wildman–Crippen MR) is 81.2 cm³/mol. The van der Waals surface area contributed by atoms with Crippen LogP contribution in [-0.4, -0.2) is 23.7 Å². The van der Waals surface area contributed by atoms with Gasteiger partial charge in [0.05, 0.1) is 18.8 Å². The molecule has 4 nitrogen and oxygen atoms in total. The van der Waals surface area contributed by atoms with Crippen molar-refractivity contribution in [3.63, 3.8) is 0 Å². The predicted octanol–water partition coefficient (Wildman–Crippen LogP) is 2.47. The number of rotatable bonds is 7. The van der Waals surface area contributed by atoms with E-state index >= 15 is 0 Å². The summed E-state index contributed by atoms with van der Waals surface area (Å²) >= 11 is 0. The van der Waals surface area contributed by atoms with Crippen LogP contribution in [0.5, 0.6) is 0 Å². The molecule has 0 saturated carbocycles. The van der Waals surface area contributed by atoms with E-state index in [-0.39, 0.29) is 11.6 Å². The average molecular weight is 285 g/mol. The average Bonchev–Trinajstić information content (AvgIpc) is 2.49. The maximum atomic E-state index is 10.7. The Balaban J connectivity index is 1.74. The van der Waals surface area contributed by atoms with Crippen LogP contribution in [0.3, 0.4) is 0 Å². The van der Waals surface area contributed by atoms with E-state index < -0.39 is 5.97 Å². The lowest BCUT2D eigenvalue weighted by Crippen LogP contribution is -2.28. The molecule has 2 aromatic carbocycles. The molecule has 0 aliphatic rings. The largest absolute Gasteiger partial charge is 0.478 e. The Morgan fingerprint density at radius 1 is 1.05 bits per heavy atom. The van der Waals surface area contributed by atoms with E-state index in [9.17, 15) is 4.79 Å². The smallest absolute Gasteiger partial charge is 0.335 e. The lowest BCUT2D eigenvalue weighted by Gasteiger charge is -2.12. The molecule has 3 N–H and O–H groups in total. The first-order valence-electron chi connectivity index (χ1n) is 6.84. The molecule has 0 heterocycles. The Hall–Kier alpha value is -2.17. The molecule has 110 valence electrons. The van der Waals surface area contributed by atoms with Gasteiger partial charge in [-0.2, -0.15) is 0 Å². The van der Waals surface area contributed by atoms with Crippen molar-refractivity contribution < 1.29 is 14.6 Å². The fourth-order valence-electron chi connectivity index (χ4n) is 2.05. The van der Waals surface area contributed by atoms with Gasteiger partial charge in [-0.05, 0) is 29.7 Å². The second-order valence-electron chi connectivity index (χ2n) is 4.97. The van der Waals surface area contributed by atoms with E-state index in [1.165, 1.54) is 5.56 Å². The Morgan fingerprint density at radius 2 is 1.71 bits per heavy atom. The van der Waals surface area contributed by atoms with Crippen LogP contribution in [-0.2, 0) is 17.8 Å². The molecule has 2 aromatic rings. The van der Waals surface area contributed by atoms with Crippen LogP contribution in [0.4, 0.5) is 0 Å². The van der Waals surface area contributed by atoms with E-state index in [0.29, 0.717) is 13.2 Å². The number of carboxylic acid groups (broad SMARTS) is 1. The van der Waals surface area contributed by atoms with Crippen molar-refractivity contribution in [1.29, 1.82) is 0 Å². The van der Waals surface area contributed by atoms with E-state index in [1.807, 2.05) is 30.3 Å². The van der Waals surface area contributed by atoms with Crippen LogP contribution in [0.1, 0.15) is 21.5 Å². The standard InChI is InChI=1S/C17H19NO3/c18-16(10-13-4-2-1-3-5-13)12-21-11-14-6-8-15(9-7-14)17(19)20/h1-9,16H,10-12,18H2,(H,19,20). The molecular weight excluding hydrogens is 266 g/mol. The van der Waals surface area contributed by atoms with Crippen LogP contribution in [0.25, 0.3) is 0 Å². The molecule has 0 amide bonds. The second-order valence-corrected chi connectivity index (χ2v) is 4.97. The maximum absolute atomic E-state index is 10.7. The summed E-state index contributed by atoms with van der Waals surface area (Å²) in [6, 6.07) is 16.7. The monoisotopic (exact) mass is 285 g/mol. The van der Waals surface area contributed by atoms with Gasteiger partial charge in [-0.15, -0.1) is 0 Å². The summed E-state index contributed by atoms with van der Waals surface area (Å²) < 4.78 is 5.58. The van der Waals surface area contributed by atoms with Crippen LogP contribution >= 0.6 is 0 Å². The molecule has 0 aliphatic carbocycles. The summed E-state index contributed by atoms with van der Waals surface area (Å²) in [5.74, 6) is -0.924. The van der Waals surface area contributed by atoms with Gasteiger partial charge in [0.15, 0.2) is 0 Å². The summed E-state index contributed by atoms with van der Waals surface area (Å²) in [6.07, 6.45) is 0.777. The molecule has 0 saturated heterocycles. The summed E-state index contributed by atoms with van der Waals surface area (Å²) in [7, 11) is 0. The highest BCUT2D eigenvalue weighted by molar-refractivity contribution is 5.87. The minimum atomic E-state index is -0.924. The zero-order valence-electron chi connectivity index (χ0n) is 11.7. The number of nitrogens with two attached hydrogens (primary N) is 1. The van der Waals surface area contributed by atoms with Crippen molar-refractivity contribution >= 4 is 5.97 Å². The van der Waals surface area contributed by atoms with Gasteiger partial charge in [0.25, 0.3) is 0 Å². The third kappa shape index (κ3) is 5.02. The van der Waals surface area contributed by atoms with Gasteiger partial charge < -0.3 is 15.6 Å². The second kappa shape index (κ2) is 7.57. The third-order valence-electron chi connectivity index (χ3n) is 3.14. The van der Waals surface area contributed by atoms with Crippen LogP contribution < -0.4 is 5.73 Å². The fraction of sp³-hybridized carbons (Fsp3) is 0.235. The molecule has 1 unspecified atom stereocenters. The van der Waals surface area contributed by atoms with Crippen molar-refractivity contribution in [2.45, 2.75) is 19.1 Å². The summed E-state index contributed by atoms with van der Waals surface area (Å²) in [4.78, 5) is 10.7. The lowest BCUT2D eigenvalue weighted by molar-refractivity contribution is 0.0696. The molecule has 0 spiro atoms. The van der Waals surface area contributed by atoms with Crippen molar-refractivity contribution in [3.05, 3.63) is 71.3 Å². The Kier molecular flexibility index (Phi) is 5.49. The minimum Gasteiger partial charge on any atom is -0.478 e. The fourth-order valence-corrected chi connectivity index (χ4v) is 2.05. The van der Waals surface area contributed by atoms with Crippen molar-refractivity contribution in [2.75, 3.05) is 6.61 Å². The third-order valence-corrected chi connectivity index (χ3v) is 3.14. The van der Waals surface area contributed by atoms with Gasteiger partial charge in [-0.3, -0.25) is 0 Å². The topological polar surface area (TPSA) is 72.5 Å². The van der Waals surface area contributed by atoms with Gasteiger partial charge >= 0.3 is 5.97 Å². The Morgan fingerprint density at radius 3 is 2.33 bits per heavy atom. The molecule has 0 bridgehead atoms. The maximum Gasteiger partial charge on any atom is 0.335 e. The van der Waals surface area contributed by atoms with Crippen LogP contribution in [0.2, 0.25) is 0 Å². The van der Waals surface area contributed by atoms with Crippen molar-refractivity contribution in [3.8, 4) is 0 Å². The van der Waals surface area contributed by atoms with Gasteiger partial charge in [-0.1, -0.05) is 42.5 Å². The van der Waals surface area contributed by atoms with E-state index in [4.69, 9.17) is 15.6 Å². The number of hydrogen-bond acceptors (Lipinski definition) is 3. The molecule has 21 heavy (non-hydrogen) atoms. The number of carboxylic acids is 1. The normalized spacial score (nSPS) is 12.0. The lowest BCUT2D eigenvalue weighted by atomic mass is 10.1. The Bertz CT molecular complexity index is 566. The number of benzene rings is 2. The first kappa shape index (κ1) is 15.2. The van der Waals surface area contributed by atoms with Gasteiger partial charge in [0.2, 0.25) is 0 Å². The van der Waals surface area contributed by atoms with Crippen molar-refractivity contribution in [1.82, 2.24) is 0 Å². The summed E-state index contributed by atoms with van der Waals surface area (Å²) in [6.45, 7) is 0.901. The number of carbonyl (C=O) groups is 1. The highest BCUT2D eigenvalue weighted by atomic mass is 16.5. The van der Waals surface area contributed by atoms with E-state index in [0.717, 1.165) is 12.0 Å². The zero-order chi connectivity index (χ0) is 15.1. The van der Waals surface area contributed by atoms with E-state index in [1.54, 1.807) is 24.3 Å². The molecule has 0 radical (unpaired) electrons. The summed E-state index contributed by atoms with van der Waals surface area (Å²) in [5, 5.41) is 8.82. The molecule has 0 aliphatic heterocycles. The first-order chi connectivity index (χ1) is 10.1. The number of hydrogen-bond donors (Lipinski definition) is 2. The number of ether oxygens (including phenoxy) is 1. The van der Waals surface area contributed by atoms with Gasteiger partial charge in [0.1, 0.15) is 0 Å². The van der Waals surface area contributed by atoms with Gasteiger partial charge in [-0.25, -0.2) is 4.79 Å². The molecule has 4 heteroatoms. The van der Waals surface area contributed by atoms with Gasteiger partial charge in [0, 0.05) is 6.04 Å².